The Labute approximate surface area is 234 Å². The number of nitrogens with one attached hydrogen (secondary N) is 1. The van der Waals surface area contributed by atoms with Crippen molar-refractivity contribution in [2.75, 3.05) is 11.9 Å². The molecule has 6 heteroatoms. The summed E-state index contributed by atoms with van der Waals surface area (Å²) in [4.78, 5) is 17.6. The zero-order valence-electron chi connectivity index (χ0n) is 22.7. The minimum absolute atomic E-state index is 0.118. The minimum atomic E-state index is -0.519. The highest BCUT2D eigenvalue weighted by molar-refractivity contribution is 5.89. The molecule has 6 nitrogen and oxygen atoms in total. The molecule has 0 unspecified atom stereocenters. The van der Waals surface area contributed by atoms with Crippen molar-refractivity contribution in [3.63, 3.8) is 0 Å². The fraction of sp³-hybridized carbons (Fsp3) is 0.206. The van der Waals surface area contributed by atoms with Crippen molar-refractivity contribution in [1.82, 2.24) is 10.1 Å². The molecule has 0 aliphatic heterocycles. The van der Waals surface area contributed by atoms with Crippen LogP contribution in [0.5, 0.6) is 0 Å². The third-order valence-corrected chi connectivity index (χ3v) is 7.73. The van der Waals surface area contributed by atoms with Gasteiger partial charge >= 0.3 is 5.97 Å². The summed E-state index contributed by atoms with van der Waals surface area (Å²) < 4.78 is 11.3. The number of ether oxygens (including phenoxy) is 1. The van der Waals surface area contributed by atoms with E-state index in [2.05, 4.69) is 40.8 Å². The van der Waals surface area contributed by atoms with Gasteiger partial charge in [-0.05, 0) is 55.5 Å². The van der Waals surface area contributed by atoms with Crippen molar-refractivity contribution < 1.29 is 14.1 Å². The highest BCUT2D eigenvalue weighted by Gasteiger charge is 2.46. The summed E-state index contributed by atoms with van der Waals surface area (Å²) in [6.45, 7) is 4.17. The number of carbonyl (C=O) groups excluding carboxylic acids is 1. The Morgan fingerprint density at radius 3 is 2.30 bits per heavy atom. The van der Waals surface area contributed by atoms with Crippen LogP contribution < -0.4 is 5.32 Å². The van der Waals surface area contributed by atoms with E-state index in [0.717, 1.165) is 64.2 Å². The number of anilines is 2. The van der Waals surface area contributed by atoms with Crippen LogP contribution in [0.3, 0.4) is 0 Å². The zero-order chi connectivity index (χ0) is 27.5. The van der Waals surface area contributed by atoms with E-state index >= 15 is 0 Å². The third kappa shape index (κ3) is 4.66. The molecule has 0 radical (unpaired) electrons. The monoisotopic (exact) mass is 529 g/mol. The van der Waals surface area contributed by atoms with Crippen molar-refractivity contribution in [1.29, 1.82) is 0 Å². The van der Waals surface area contributed by atoms with Crippen LogP contribution in [0.1, 0.15) is 37.4 Å². The summed E-state index contributed by atoms with van der Waals surface area (Å²) in [5, 5.41) is 7.75. The summed E-state index contributed by atoms with van der Waals surface area (Å²) in [6.07, 6.45) is 2.69. The molecule has 200 valence electrons. The average Bonchev–Trinajstić information content (AvgIpc) is 3.33. The van der Waals surface area contributed by atoms with Gasteiger partial charge < -0.3 is 14.6 Å². The summed E-state index contributed by atoms with van der Waals surface area (Å²) in [5.74, 6) is 1.23. The number of benzene rings is 3. The normalized spacial score (nSPS) is 13.8. The topological polar surface area (TPSA) is 77.2 Å². The van der Waals surface area contributed by atoms with Crippen molar-refractivity contribution >= 4 is 17.5 Å². The average molecular weight is 530 g/mol. The van der Waals surface area contributed by atoms with Crippen LogP contribution in [0.25, 0.3) is 33.7 Å². The number of hydrogen-bond donors (Lipinski definition) is 1. The largest absolute Gasteiger partial charge is 0.465 e. The standard InChI is InChI=1S/C34H31N3O3/c1-3-39-33(38)34(21-10-22-34)26-19-17-24(18-20-26)27-13-7-8-14-28(27)32-31(23(2)37-40-32)36-30-16-9-15-29(35-30)25-11-5-4-6-12-25/h4-9,11-20H,3,10,21-22H2,1-2H3,(H,35,36). The number of pyridine rings is 1. The molecule has 1 aliphatic carbocycles. The summed E-state index contributed by atoms with van der Waals surface area (Å²) in [5.41, 5.74) is 6.91. The van der Waals surface area contributed by atoms with E-state index in [4.69, 9.17) is 14.2 Å². The SMILES string of the molecule is CCOC(=O)C1(c2ccc(-c3ccccc3-c3onc(C)c3Nc3cccc(-c4ccccc4)n3)cc2)CCC1. The van der Waals surface area contributed by atoms with Gasteiger partial charge in [0.15, 0.2) is 5.76 Å². The van der Waals surface area contributed by atoms with Crippen LogP contribution in [-0.2, 0) is 14.9 Å². The number of aryl methyl sites for hydroxylation is 1. The fourth-order valence-electron chi connectivity index (χ4n) is 5.41. The van der Waals surface area contributed by atoms with Crippen LogP contribution >= 0.6 is 0 Å². The lowest BCUT2D eigenvalue weighted by Crippen LogP contribution is -2.43. The predicted octanol–water partition coefficient (Wildman–Crippen LogP) is 8.11. The molecule has 1 aliphatic rings. The van der Waals surface area contributed by atoms with E-state index in [1.165, 1.54) is 0 Å². The second-order valence-electron chi connectivity index (χ2n) is 10.2. The maximum Gasteiger partial charge on any atom is 0.316 e. The van der Waals surface area contributed by atoms with E-state index in [9.17, 15) is 4.79 Å². The van der Waals surface area contributed by atoms with Crippen LogP contribution in [0, 0.1) is 6.92 Å². The van der Waals surface area contributed by atoms with Gasteiger partial charge in [0.1, 0.15) is 17.2 Å². The van der Waals surface area contributed by atoms with Gasteiger partial charge in [0.25, 0.3) is 0 Å². The van der Waals surface area contributed by atoms with Crippen molar-refractivity contribution in [2.24, 2.45) is 0 Å². The first kappa shape index (κ1) is 25.6. The molecule has 1 fully saturated rings. The van der Waals surface area contributed by atoms with Gasteiger partial charge in [0, 0.05) is 11.1 Å². The maximum atomic E-state index is 12.8. The first-order valence-corrected chi connectivity index (χ1v) is 13.7. The van der Waals surface area contributed by atoms with E-state index in [1.807, 2.05) is 80.6 Å². The Kier molecular flexibility index (Phi) is 6.91. The molecular weight excluding hydrogens is 498 g/mol. The van der Waals surface area contributed by atoms with Crippen LogP contribution in [0.4, 0.5) is 11.5 Å². The number of rotatable bonds is 8. The zero-order valence-corrected chi connectivity index (χ0v) is 22.7. The molecule has 2 heterocycles. The number of aromatic nitrogens is 2. The van der Waals surface area contributed by atoms with Crippen molar-refractivity contribution in [2.45, 2.75) is 38.5 Å². The Hall–Kier alpha value is -4.71. The first-order valence-electron chi connectivity index (χ1n) is 13.7. The van der Waals surface area contributed by atoms with Gasteiger partial charge in [-0.25, -0.2) is 4.98 Å². The molecule has 3 aromatic carbocycles. The van der Waals surface area contributed by atoms with Crippen molar-refractivity contribution in [3.8, 4) is 33.7 Å². The lowest BCUT2D eigenvalue weighted by molar-refractivity contribution is -0.153. The Bertz CT molecular complexity index is 1640. The molecule has 0 spiro atoms. The van der Waals surface area contributed by atoms with Crippen LogP contribution in [-0.4, -0.2) is 22.7 Å². The van der Waals surface area contributed by atoms with Crippen LogP contribution in [0.15, 0.2) is 102 Å². The highest BCUT2D eigenvalue weighted by Crippen LogP contribution is 2.46. The second-order valence-corrected chi connectivity index (χ2v) is 10.2. The molecule has 6 rings (SSSR count). The summed E-state index contributed by atoms with van der Waals surface area (Å²) >= 11 is 0. The Morgan fingerprint density at radius 2 is 1.60 bits per heavy atom. The van der Waals surface area contributed by atoms with Gasteiger partial charge in [-0.2, -0.15) is 0 Å². The van der Waals surface area contributed by atoms with Gasteiger partial charge in [0.05, 0.1) is 17.7 Å². The number of hydrogen-bond acceptors (Lipinski definition) is 6. The fourth-order valence-corrected chi connectivity index (χ4v) is 5.41. The summed E-state index contributed by atoms with van der Waals surface area (Å²) in [7, 11) is 0. The van der Waals surface area contributed by atoms with E-state index in [1.54, 1.807) is 0 Å². The smallest absolute Gasteiger partial charge is 0.316 e. The molecule has 5 aromatic rings. The first-order chi connectivity index (χ1) is 19.6. The second kappa shape index (κ2) is 10.8. The number of carbonyl (C=O) groups is 1. The van der Waals surface area contributed by atoms with Crippen molar-refractivity contribution in [3.05, 3.63) is 108 Å². The molecule has 0 atom stereocenters. The van der Waals surface area contributed by atoms with Gasteiger partial charge in [0.2, 0.25) is 0 Å². The van der Waals surface area contributed by atoms with E-state index < -0.39 is 5.41 Å². The molecule has 1 N–H and O–H groups in total. The Balaban J connectivity index is 1.33. The summed E-state index contributed by atoms with van der Waals surface area (Å²) in [6, 6.07) is 32.4. The van der Waals surface area contributed by atoms with Gasteiger partial charge in [-0.1, -0.05) is 96.5 Å². The van der Waals surface area contributed by atoms with Gasteiger partial charge in [-0.3, -0.25) is 4.79 Å². The minimum Gasteiger partial charge on any atom is -0.465 e. The van der Waals surface area contributed by atoms with E-state index in [0.29, 0.717) is 18.2 Å². The van der Waals surface area contributed by atoms with E-state index in [-0.39, 0.29) is 5.97 Å². The molecule has 0 bridgehead atoms. The molecule has 40 heavy (non-hydrogen) atoms. The number of esters is 1. The highest BCUT2D eigenvalue weighted by atomic mass is 16.5. The molecular formula is C34H31N3O3. The lowest BCUT2D eigenvalue weighted by atomic mass is 9.64. The molecule has 2 aromatic heterocycles. The molecule has 0 saturated heterocycles. The third-order valence-electron chi connectivity index (χ3n) is 7.73. The number of nitrogens with zero attached hydrogens (tertiary/aromatic N) is 2. The van der Waals surface area contributed by atoms with Gasteiger partial charge in [-0.15, -0.1) is 0 Å². The predicted molar refractivity (Wildman–Crippen MR) is 157 cm³/mol. The van der Waals surface area contributed by atoms with Crippen LogP contribution in [0.2, 0.25) is 0 Å². The molecule has 1 saturated carbocycles. The Morgan fingerprint density at radius 1 is 0.875 bits per heavy atom. The quantitative estimate of drug-likeness (QED) is 0.205. The molecule has 0 amide bonds. The maximum absolute atomic E-state index is 12.8. The lowest BCUT2D eigenvalue weighted by Gasteiger charge is -2.39.